The number of alkyl halides is 7. The number of primary amides is 1. The van der Waals surface area contributed by atoms with Crippen molar-refractivity contribution >= 4 is 29.3 Å². The fourth-order valence-corrected chi connectivity index (χ4v) is 3.21. The Kier molecular flexibility index (Phi) is 7.87. The first-order valence-electron chi connectivity index (χ1n) is 6.45. The zero-order valence-corrected chi connectivity index (χ0v) is 13.6. The van der Waals surface area contributed by atoms with E-state index in [2.05, 4.69) is 0 Å². The summed E-state index contributed by atoms with van der Waals surface area (Å²) in [6, 6.07) is 0. The summed E-state index contributed by atoms with van der Waals surface area (Å²) in [6.45, 7) is 2.74. The molecule has 2 nitrogen and oxygen atoms in total. The van der Waals surface area contributed by atoms with E-state index < -0.39 is 59.3 Å². The van der Waals surface area contributed by atoms with Gasteiger partial charge in [0.1, 0.15) is 0 Å². The summed E-state index contributed by atoms with van der Waals surface area (Å²) >= 11 is 6.28. The standard InChI is InChI=1S/C12H18ClF6NOS/c1-7(2)8(12(17,18)19)3-4-10(13,9(20)21)22-6-5-11(14,15)16/h7-8H,3-6H2,1-2H3,(H2,20,21). The molecule has 0 aromatic heterocycles. The Morgan fingerprint density at radius 1 is 1.14 bits per heavy atom. The van der Waals surface area contributed by atoms with Gasteiger partial charge in [0.05, 0.1) is 12.3 Å². The summed E-state index contributed by atoms with van der Waals surface area (Å²) < 4.78 is 72.8. The molecule has 2 unspecified atom stereocenters. The third-order valence-corrected chi connectivity index (χ3v) is 5.06. The van der Waals surface area contributed by atoms with Crippen LogP contribution in [0.2, 0.25) is 0 Å². The lowest BCUT2D eigenvalue weighted by molar-refractivity contribution is -0.188. The number of halogens is 7. The van der Waals surface area contributed by atoms with Crippen LogP contribution in [-0.2, 0) is 4.79 Å². The quantitative estimate of drug-likeness (QED) is 0.494. The number of carbonyl (C=O) groups excluding carboxylic acids is 1. The number of nitrogens with two attached hydrogens (primary N) is 1. The van der Waals surface area contributed by atoms with Crippen LogP contribution in [0, 0.1) is 11.8 Å². The van der Waals surface area contributed by atoms with Crippen molar-refractivity contribution in [3.63, 3.8) is 0 Å². The molecule has 0 fully saturated rings. The minimum atomic E-state index is -4.47. The SMILES string of the molecule is CC(C)C(CCC(Cl)(SCCC(F)(F)F)C(N)=O)C(F)(F)F. The molecule has 0 aliphatic heterocycles. The molecule has 0 radical (unpaired) electrons. The molecule has 0 aromatic carbocycles. The zero-order valence-electron chi connectivity index (χ0n) is 12.0. The molecular formula is C12H18ClF6NOS. The minimum Gasteiger partial charge on any atom is -0.367 e. The van der Waals surface area contributed by atoms with Crippen molar-refractivity contribution in [2.75, 3.05) is 5.75 Å². The number of hydrogen-bond donors (Lipinski definition) is 1. The van der Waals surface area contributed by atoms with Crippen LogP contribution in [0.5, 0.6) is 0 Å². The molecule has 0 rings (SSSR count). The highest BCUT2D eigenvalue weighted by molar-refractivity contribution is 8.02. The van der Waals surface area contributed by atoms with E-state index in [9.17, 15) is 31.1 Å². The van der Waals surface area contributed by atoms with Crippen LogP contribution in [-0.4, -0.2) is 28.2 Å². The van der Waals surface area contributed by atoms with E-state index in [-0.39, 0.29) is 0 Å². The Hall–Kier alpha value is -0.310. The molecule has 0 aromatic rings. The lowest BCUT2D eigenvalue weighted by Crippen LogP contribution is -2.38. The number of amides is 1. The van der Waals surface area contributed by atoms with Crippen molar-refractivity contribution in [1.29, 1.82) is 0 Å². The monoisotopic (exact) mass is 373 g/mol. The van der Waals surface area contributed by atoms with Crippen LogP contribution in [0.3, 0.4) is 0 Å². The van der Waals surface area contributed by atoms with Gasteiger partial charge in [-0.1, -0.05) is 25.4 Å². The van der Waals surface area contributed by atoms with Crippen molar-refractivity contribution in [3.05, 3.63) is 0 Å². The Morgan fingerprint density at radius 2 is 1.64 bits per heavy atom. The highest BCUT2D eigenvalue weighted by atomic mass is 35.5. The maximum Gasteiger partial charge on any atom is 0.392 e. The molecule has 0 heterocycles. The summed E-state index contributed by atoms with van der Waals surface area (Å²) in [6.07, 6.45) is -11.0. The van der Waals surface area contributed by atoms with Crippen LogP contribution in [0.1, 0.15) is 33.1 Å². The van der Waals surface area contributed by atoms with Crippen LogP contribution in [0.25, 0.3) is 0 Å². The molecule has 0 aliphatic rings. The van der Waals surface area contributed by atoms with E-state index in [1.807, 2.05) is 0 Å². The second-order valence-corrected chi connectivity index (χ2v) is 7.50. The fourth-order valence-electron chi connectivity index (χ4n) is 1.81. The lowest BCUT2D eigenvalue weighted by atomic mass is 9.90. The summed E-state index contributed by atoms with van der Waals surface area (Å²) in [5, 5.41) is 0. The van der Waals surface area contributed by atoms with E-state index in [0.717, 1.165) is 0 Å². The lowest BCUT2D eigenvalue weighted by Gasteiger charge is -2.28. The van der Waals surface area contributed by atoms with Crippen LogP contribution in [0.15, 0.2) is 0 Å². The first-order chi connectivity index (χ1) is 9.69. The average Bonchev–Trinajstić information content (AvgIpc) is 2.24. The number of hydrogen-bond acceptors (Lipinski definition) is 2. The van der Waals surface area contributed by atoms with Gasteiger partial charge in [-0.3, -0.25) is 4.79 Å². The number of rotatable bonds is 8. The van der Waals surface area contributed by atoms with Gasteiger partial charge in [0.2, 0.25) is 5.91 Å². The second-order valence-electron chi connectivity index (χ2n) is 5.24. The highest BCUT2D eigenvalue weighted by Gasteiger charge is 2.44. The van der Waals surface area contributed by atoms with E-state index in [1.54, 1.807) is 0 Å². The Morgan fingerprint density at radius 3 is 1.95 bits per heavy atom. The molecule has 0 spiro atoms. The first kappa shape index (κ1) is 21.7. The molecule has 2 N–H and O–H groups in total. The molecule has 0 saturated heterocycles. The molecular weight excluding hydrogens is 356 g/mol. The molecule has 132 valence electrons. The number of carbonyl (C=O) groups is 1. The fraction of sp³-hybridized carbons (Fsp3) is 0.917. The number of thioether (sulfide) groups is 1. The Bertz CT molecular complexity index is 374. The molecule has 0 saturated carbocycles. The van der Waals surface area contributed by atoms with Gasteiger partial charge in [0.25, 0.3) is 0 Å². The van der Waals surface area contributed by atoms with E-state index in [0.29, 0.717) is 11.8 Å². The molecule has 1 amide bonds. The van der Waals surface area contributed by atoms with Gasteiger partial charge in [-0.25, -0.2) is 0 Å². The van der Waals surface area contributed by atoms with Gasteiger partial charge in [-0.2, -0.15) is 26.3 Å². The van der Waals surface area contributed by atoms with Crippen LogP contribution in [0.4, 0.5) is 26.3 Å². The van der Waals surface area contributed by atoms with E-state index >= 15 is 0 Å². The Labute approximate surface area is 134 Å². The normalized spacial score (nSPS) is 17.4. The van der Waals surface area contributed by atoms with Gasteiger partial charge in [-0.15, -0.1) is 11.8 Å². The average molecular weight is 374 g/mol. The first-order valence-corrected chi connectivity index (χ1v) is 7.81. The predicted octanol–water partition coefficient (Wildman–Crippen LogP) is 4.71. The van der Waals surface area contributed by atoms with Gasteiger partial charge in [0, 0.05) is 5.75 Å². The molecule has 0 aliphatic carbocycles. The van der Waals surface area contributed by atoms with Crippen molar-refractivity contribution < 1.29 is 31.1 Å². The molecule has 10 heteroatoms. The summed E-state index contributed by atoms with van der Waals surface area (Å²) in [4.78, 5) is 11.3. The largest absolute Gasteiger partial charge is 0.392 e. The third-order valence-electron chi connectivity index (χ3n) is 3.09. The maximum atomic E-state index is 12.8. The van der Waals surface area contributed by atoms with Crippen LogP contribution >= 0.6 is 23.4 Å². The van der Waals surface area contributed by atoms with Gasteiger partial charge >= 0.3 is 12.4 Å². The Balaban J connectivity index is 4.79. The second kappa shape index (κ2) is 7.99. The van der Waals surface area contributed by atoms with Crippen LogP contribution < -0.4 is 5.73 Å². The molecule has 22 heavy (non-hydrogen) atoms. The van der Waals surface area contributed by atoms with Crippen molar-refractivity contribution in [3.8, 4) is 0 Å². The molecule has 0 bridgehead atoms. The van der Waals surface area contributed by atoms with Gasteiger partial charge in [0.15, 0.2) is 4.21 Å². The summed E-state index contributed by atoms with van der Waals surface area (Å²) in [7, 11) is 0. The predicted molar refractivity (Wildman–Crippen MR) is 74.5 cm³/mol. The van der Waals surface area contributed by atoms with Crippen molar-refractivity contribution in [2.24, 2.45) is 17.6 Å². The maximum absolute atomic E-state index is 12.8. The van der Waals surface area contributed by atoms with Gasteiger partial charge in [-0.05, 0) is 18.8 Å². The van der Waals surface area contributed by atoms with E-state index in [1.165, 1.54) is 13.8 Å². The topological polar surface area (TPSA) is 43.1 Å². The van der Waals surface area contributed by atoms with Gasteiger partial charge < -0.3 is 5.73 Å². The summed E-state index contributed by atoms with van der Waals surface area (Å²) in [5.41, 5.74) is 5.04. The smallest absolute Gasteiger partial charge is 0.367 e. The van der Waals surface area contributed by atoms with Crippen molar-refractivity contribution in [1.82, 2.24) is 0 Å². The molecule has 2 atom stereocenters. The minimum absolute atomic E-state index is 0.427. The van der Waals surface area contributed by atoms with E-state index in [4.69, 9.17) is 17.3 Å². The highest BCUT2D eigenvalue weighted by Crippen LogP contribution is 2.42. The zero-order chi connectivity index (χ0) is 17.8. The summed E-state index contributed by atoms with van der Waals surface area (Å²) in [5.74, 6) is -4.12. The third kappa shape index (κ3) is 7.80. The van der Waals surface area contributed by atoms with Crippen molar-refractivity contribution in [2.45, 2.75) is 49.7 Å².